The largest absolute Gasteiger partial charge is 0.850 e. The molecule has 142 valence electrons. The van der Waals surface area contributed by atoms with Crippen molar-refractivity contribution in [3.8, 4) is 0 Å². The number of morpholine rings is 1. The minimum Gasteiger partial charge on any atom is -0.850 e. The number of rotatable bonds is 3. The van der Waals surface area contributed by atoms with Crippen LogP contribution in [0, 0.1) is 0 Å². The van der Waals surface area contributed by atoms with Gasteiger partial charge < -0.3 is 14.9 Å². The van der Waals surface area contributed by atoms with E-state index >= 15 is 0 Å². The van der Waals surface area contributed by atoms with Crippen LogP contribution in [0.3, 0.4) is 0 Å². The molecule has 1 saturated carbocycles. The summed E-state index contributed by atoms with van der Waals surface area (Å²) in [5.41, 5.74) is 0.494. The molecule has 1 aliphatic carbocycles. The van der Waals surface area contributed by atoms with Crippen molar-refractivity contribution in [2.24, 2.45) is 0 Å². The summed E-state index contributed by atoms with van der Waals surface area (Å²) in [6, 6.07) is -0.550. The number of ether oxygens (including phenoxy) is 1. The third-order valence-electron chi connectivity index (χ3n) is 5.39. The molecule has 2 atom stereocenters. The molecule has 1 saturated heterocycles. The zero-order valence-electron chi connectivity index (χ0n) is 15.7. The van der Waals surface area contributed by atoms with Crippen LogP contribution in [0.4, 0.5) is 0 Å². The number of aromatic nitrogens is 2. The van der Waals surface area contributed by atoms with Gasteiger partial charge in [0.05, 0.1) is 18.8 Å². The molecule has 1 aromatic heterocycles. The third-order valence-corrected chi connectivity index (χ3v) is 5.39. The molecule has 0 spiro atoms. The molecule has 2 unspecified atom stereocenters. The Morgan fingerprint density at radius 3 is 2.20 bits per heavy atom. The van der Waals surface area contributed by atoms with Crippen LogP contribution in [0.5, 0.6) is 0 Å². The van der Waals surface area contributed by atoms with Crippen molar-refractivity contribution >= 4 is 0 Å². The van der Waals surface area contributed by atoms with Crippen molar-refractivity contribution < 1.29 is 14.9 Å². The highest BCUT2D eigenvalue weighted by atomic mass is 16.5. The summed E-state index contributed by atoms with van der Waals surface area (Å²) >= 11 is 0. The Bertz CT molecular complexity index is 657. The number of nitrogens with zero attached hydrogens (tertiary/aromatic N) is 2. The van der Waals surface area contributed by atoms with E-state index in [1.54, 1.807) is 4.68 Å². The van der Waals surface area contributed by atoms with Gasteiger partial charge in [-0.1, -0.05) is 13.8 Å². The molecule has 25 heavy (non-hydrogen) atoms. The molecular weight excluding hydrogens is 322 g/mol. The topological polar surface area (TPSA) is 96.4 Å². The molecule has 1 aromatic rings. The van der Waals surface area contributed by atoms with Crippen LogP contribution in [-0.4, -0.2) is 59.2 Å². The van der Waals surface area contributed by atoms with E-state index in [9.17, 15) is 15.0 Å². The first-order valence-corrected chi connectivity index (χ1v) is 9.13. The van der Waals surface area contributed by atoms with Gasteiger partial charge in [-0.05, 0) is 38.6 Å². The molecular formula is C18H29N3O4-2. The predicted molar refractivity (Wildman–Crippen MR) is 90.6 cm³/mol. The monoisotopic (exact) mass is 351 g/mol. The lowest BCUT2D eigenvalue weighted by atomic mass is 9.68. The Kier molecular flexibility index (Phi) is 4.87. The zero-order valence-corrected chi connectivity index (χ0v) is 15.7. The highest BCUT2D eigenvalue weighted by molar-refractivity contribution is 5.32. The minimum absolute atomic E-state index is 0.0492. The number of aromatic amines is 1. The van der Waals surface area contributed by atoms with Crippen LogP contribution in [0.2, 0.25) is 0 Å². The van der Waals surface area contributed by atoms with Gasteiger partial charge in [-0.3, -0.25) is 14.8 Å². The van der Waals surface area contributed by atoms with E-state index < -0.39 is 29.7 Å². The molecule has 1 aliphatic heterocycles. The molecule has 0 aromatic carbocycles. The zero-order chi connectivity index (χ0) is 18.5. The second-order valence-corrected chi connectivity index (χ2v) is 8.50. The smallest absolute Gasteiger partial charge is 0.270 e. The fraction of sp³-hybridized carbons (Fsp3) is 0.833. The third kappa shape index (κ3) is 3.07. The predicted octanol–water partition coefficient (Wildman–Crippen LogP) is -0.689. The van der Waals surface area contributed by atoms with Crippen LogP contribution >= 0.6 is 0 Å². The Labute approximate surface area is 148 Å². The Hall–Kier alpha value is -1.15. The normalized spacial score (nSPS) is 31.4. The van der Waals surface area contributed by atoms with Crippen molar-refractivity contribution in [1.29, 1.82) is 0 Å². The van der Waals surface area contributed by atoms with E-state index in [4.69, 9.17) is 4.74 Å². The first kappa shape index (κ1) is 18.6. The quantitative estimate of drug-likeness (QED) is 0.778. The average molecular weight is 351 g/mol. The second kappa shape index (κ2) is 6.54. The van der Waals surface area contributed by atoms with Crippen molar-refractivity contribution in [2.45, 2.75) is 70.2 Å². The van der Waals surface area contributed by atoms with E-state index in [2.05, 4.69) is 5.10 Å². The summed E-state index contributed by atoms with van der Waals surface area (Å²) < 4.78 is 6.86. The van der Waals surface area contributed by atoms with Crippen molar-refractivity contribution in [3.63, 3.8) is 0 Å². The number of hydrogen-bond donors (Lipinski definition) is 1. The van der Waals surface area contributed by atoms with Gasteiger partial charge in [0.15, 0.2) is 0 Å². The lowest BCUT2D eigenvalue weighted by molar-refractivity contribution is -0.545. The Morgan fingerprint density at radius 1 is 1.16 bits per heavy atom. The summed E-state index contributed by atoms with van der Waals surface area (Å²) in [5.74, 6) is -0.717. The molecule has 0 radical (unpaired) electrons. The van der Waals surface area contributed by atoms with Gasteiger partial charge in [0.2, 0.25) is 0 Å². The van der Waals surface area contributed by atoms with Gasteiger partial charge in [0.1, 0.15) is 0 Å². The maximum absolute atomic E-state index is 13.0. The van der Waals surface area contributed by atoms with E-state index in [0.29, 0.717) is 31.9 Å². The van der Waals surface area contributed by atoms with Gasteiger partial charge in [-0.15, -0.1) is 12.2 Å². The summed E-state index contributed by atoms with van der Waals surface area (Å²) in [4.78, 5) is 14.9. The van der Waals surface area contributed by atoms with Crippen molar-refractivity contribution in [1.82, 2.24) is 14.7 Å². The maximum atomic E-state index is 13.0. The van der Waals surface area contributed by atoms with Crippen LogP contribution in [0.1, 0.15) is 57.7 Å². The maximum Gasteiger partial charge on any atom is 0.270 e. The Balaban J connectivity index is 1.94. The van der Waals surface area contributed by atoms with Gasteiger partial charge in [0, 0.05) is 24.3 Å². The lowest BCUT2D eigenvalue weighted by Gasteiger charge is -2.64. The van der Waals surface area contributed by atoms with Gasteiger partial charge in [0.25, 0.3) is 5.56 Å². The fourth-order valence-corrected chi connectivity index (χ4v) is 3.97. The van der Waals surface area contributed by atoms with E-state index in [-0.39, 0.29) is 11.5 Å². The Morgan fingerprint density at radius 2 is 1.72 bits per heavy atom. The number of H-pyrrole nitrogens is 1. The highest BCUT2D eigenvalue weighted by Crippen LogP contribution is 2.39. The van der Waals surface area contributed by atoms with E-state index in [1.165, 1.54) is 0 Å². The van der Waals surface area contributed by atoms with Gasteiger partial charge >= 0.3 is 0 Å². The summed E-state index contributed by atoms with van der Waals surface area (Å²) in [7, 11) is 0. The first-order chi connectivity index (χ1) is 11.6. The molecule has 7 nitrogen and oxygen atoms in total. The molecule has 0 bridgehead atoms. The van der Waals surface area contributed by atoms with E-state index in [1.807, 2.05) is 39.5 Å². The average Bonchev–Trinajstić information content (AvgIpc) is 2.86. The first-order valence-electron chi connectivity index (χ1n) is 9.13. The fourth-order valence-electron chi connectivity index (χ4n) is 3.97. The van der Waals surface area contributed by atoms with Crippen LogP contribution in [0.15, 0.2) is 4.79 Å². The minimum atomic E-state index is -1.06. The van der Waals surface area contributed by atoms with Crippen molar-refractivity contribution in [3.05, 3.63) is 21.6 Å². The SMILES string of the molecule is CC(C)c1[nH]n(C(C)(C)C)c(=O)c1C1C([O-])C(N2CCOCC2)C1[O-]. The molecule has 2 heterocycles. The second-order valence-electron chi connectivity index (χ2n) is 8.50. The number of nitrogens with one attached hydrogen (secondary N) is 1. The summed E-state index contributed by atoms with van der Waals surface area (Å²) in [6.07, 6.45) is -2.12. The van der Waals surface area contributed by atoms with E-state index in [0.717, 1.165) is 5.69 Å². The molecule has 3 rings (SSSR count). The summed E-state index contributed by atoms with van der Waals surface area (Å²) in [6.45, 7) is 12.1. The lowest BCUT2D eigenvalue weighted by Crippen LogP contribution is -2.75. The van der Waals surface area contributed by atoms with Gasteiger partial charge in [-0.2, -0.15) is 0 Å². The molecule has 2 fully saturated rings. The van der Waals surface area contributed by atoms with Crippen LogP contribution in [0.25, 0.3) is 0 Å². The van der Waals surface area contributed by atoms with Crippen molar-refractivity contribution in [2.75, 3.05) is 26.3 Å². The molecule has 7 heteroatoms. The highest BCUT2D eigenvalue weighted by Gasteiger charge is 2.44. The summed E-state index contributed by atoms with van der Waals surface area (Å²) in [5, 5.41) is 29.0. The van der Waals surface area contributed by atoms with Crippen LogP contribution in [-0.2, 0) is 10.3 Å². The van der Waals surface area contributed by atoms with Gasteiger partial charge in [-0.25, -0.2) is 4.68 Å². The van der Waals surface area contributed by atoms with Crippen LogP contribution < -0.4 is 15.8 Å². The standard InChI is InChI=1S/C18H29N3O4/c1-10(2)13-11(17(24)21(19-13)18(3,4)5)12-15(22)14(16(12)23)20-6-8-25-9-7-20/h10,12,14-16,19H,6-9H2,1-5H3/q-2. The number of hydrogen-bond acceptors (Lipinski definition) is 5. The molecule has 1 N–H and O–H groups in total. The molecule has 2 aliphatic rings. The molecule has 0 amide bonds.